The summed E-state index contributed by atoms with van der Waals surface area (Å²) in [7, 11) is 0. The SMILES string of the molecule is CCOC(=O)C(F)(F)C(CO)NC(=O)Cn1c(-c2ccccc2)ccc(NC(=O)OCc2ccccc2)c1=O. The molecule has 2 amide bonds. The van der Waals surface area contributed by atoms with Crippen molar-refractivity contribution in [1.82, 2.24) is 9.88 Å². The first-order valence-electron chi connectivity index (χ1n) is 11.9. The minimum Gasteiger partial charge on any atom is -0.461 e. The van der Waals surface area contributed by atoms with Crippen molar-refractivity contribution >= 4 is 23.7 Å². The second-order valence-corrected chi connectivity index (χ2v) is 8.22. The average molecular weight is 544 g/mol. The number of pyridine rings is 1. The first kappa shape index (κ1) is 29.0. The second-order valence-electron chi connectivity index (χ2n) is 8.22. The predicted octanol–water partition coefficient (Wildman–Crippen LogP) is 2.94. The van der Waals surface area contributed by atoms with Crippen LogP contribution in [0.1, 0.15) is 12.5 Å². The maximum Gasteiger partial charge on any atom is 0.412 e. The molecule has 206 valence electrons. The number of hydrogen-bond donors (Lipinski definition) is 3. The predicted molar refractivity (Wildman–Crippen MR) is 137 cm³/mol. The third-order valence-corrected chi connectivity index (χ3v) is 5.50. The fraction of sp³-hybridized carbons (Fsp3) is 0.259. The van der Waals surface area contributed by atoms with Crippen LogP contribution in [0.5, 0.6) is 0 Å². The van der Waals surface area contributed by atoms with Crippen LogP contribution in [0.3, 0.4) is 0 Å². The second kappa shape index (κ2) is 13.3. The number of ether oxygens (including phenoxy) is 2. The van der Waals surface area contributed by atoms with Crippen LogP contribution in [-0.4, -0.2) is 52.8 Å². The van der Waals surface area contributed by atoms with E-state index in [9.17, 15) is 33.1 Å². The Kier molecular flexibility index (Phi) is 9.87. The number of rotatable bonds is 11. The van der Waals surface area contributed by atoms with E-state index >= 15 is 0 Å². The molecule has 0 aliphatic carbocycles. The van der Waals surface area contributed by atoms with Crippen LogP contribution >= 0.6 is 0 Å². The Morgan fingerprint density at radius 2 is 1.62 bits per heavy atom. The molecule has 0 radical (unpaired) electrons. The zero-order valence-electron chi connectivity index (χ0n) is 20.9. The minimum absolute atomic E-state index is 0.0530. The van der Waals surface area contributed by atoms with Crippen molar-refractivity contribution in [2.75, 3.05) is 18.5 Å². The molecule has 3 aromatic rings. The summed E-state index contributed by atoms with van der Waals surface area (Å²) in [4.78, 5) is 50.0. The maximum atomic E-state index is 14.4. The van der Waals surface area contributed by atoms with Gasteiger partial charge in [-0.15, -0.1) is 0 Å². The van der Waals surface area contributed by atoms with Gasteiger partial charge in [-0.1, -0.05) is 60.7 Å². The van der Waals surface area contributed by atoms with Gasteiger partial charge in [0, 0.05) is 0 Å². The Morgan fingerprint density at radius 3 is 2.23 bits per heavy atom. The van der Waals surface area contributed by atoms with E-state index in [1.54, 1.807) is 60.7 Å². The standard InChI is InChI=1S/C27H27F2N3O7/c1-2-38-25(36)27(28,29)22(16-33)31-23(34)15-32-21(19-11-7-4-8-12-19)14-13-20(24(32)35)30-26(37)39-17-18-9-5-3-6-10-18/h3-14,22,33H,2,15-17H2,1H3,(H,30,37)(H,31,34). The van der Waals surface area contributed by atoms with Gasteiger partial charge in [-0.2, -0.15) is 8.78 Å². The van der Waals surface area contributed by atoms with Crippen molar-refractivity contribution in [2.45, 2.75) is 32.0 Å². The molecule has 0 fully saturated rings. The molecule has 0 aliphatic rings. The van der Waals surface area contributed by atoms with E-state index in [4.69, 9.17) is 4.74 Å². The van der Waals surface area contributed by atoms with Crippen LogP contribution < -0.4 is 16.2 Å². The summed E-state index contributed by atoms with van der Waals surface area (Å²) in [6.45, 7) is -1.09. The van der Waals surface area contributed by atoms with Gasteiger partial charge in [0.05, 0.1) is 18.9 Å². The summed E-state index contributed by atoms with van der Waals surface area (Å²) >= 11 is 0. The average Bonchev–Trinajstić information content (AvgIpc) is 2.94. The number of anilines is 1. The van der Waals surface area contributed by atoms with Gasteiger partial charge in [0.25, 0.3) is 5.56 Å². The van der Waals surface area contributed by atoms with Gasteiger partial charge in [0.15, 0.2) is 0 Å². The largest absolute Gasteiger partial charge is 0.461 e. The molecule has 3 N–H and O–H groups in total. The fourth-order valence-electron chi connectivity index (χ4n) is 3.56. The lowest BCUT2D eigenvalue weighted by atomic mass is 10.1. The van der Waals surface area contributed by atoms with E-state index in [0.717, 1.165) is 10.1 Å². The normalized spacial score (nSPS) is 11.8. The molecule has 10 nitrogen and oxygen atoms in total. The number of aliphatic hydroxyl groups excluding tert-OH is 1. The number of nitrogens with one attached hydrogen (secondary N) is 2. The lowest BCUT2D eigenvalue weighted by Gasteiger charge is -2.24. The number of aromatic nitrogens is 1. The van der Waals surface area contributed by atoms with Crippen LogP contribution in [0.15, 0.2) is 77.6 Å². The molecular formula is C27H27F2N3O7. The summed E-state index contributed by atoms with van der Waals surface area (Å²) < 4.78 is 39.3. The van der Waals surface area contributed by atoms with Crippen molar-refractivity contribution in [2.24, 2.45) is 0 Å². The summed E-state index contributed by atoms with van der Waals surface area (Å²) in [6, 6.07) is 17.8. The van der Waals surface area contributed by atoms with Crippen molar-refractivity contribution in [1.29, 1.82) is 0 Å². The molecule has 0 saturated carbocycles. The first-order valence-corrected chi connectivity index (χ1v) is 11.9. The van der Waals surface area contributed by atoms with Crippen LogP contribution in [0.2, 0.25) is 0 Å². The minimum atomic E-state index is -4.22. The van der Waals surface area contributed by atoms with E-state index in [2.05, 4.69) is 10.1 Å². The number of amides is 2. The first-order chi connectivity index (χ1) is 18.7. The van der Waals surface area contributed by atoms with E-state index in [-0.39, 0.29) is 24.6 Å². The number of aliphatic hydroxyl groups is 1. The topological polar surface area (TPSA) is 136 Å². The van der Waals surface area contributed by atoms with E-state index in [0.29, 0.717) is 5.56 Å². The van der Waals surface area contributed by atoms with Crippen LogP contribution in [0.25, 0.3) is 11.3 Å². The molecule has 1 unspecified atom stereocenters. The molecular weight excluding hydrogens is 516 g/mol. The van der Waals surface area contributed by atoms with Crippen LogP contribution in [0, 0.1) is 0 Å². The third-order valence-electron chi connectivity index (χ3n) is 5.50. The molecule has 39 heavy (non-hydrogen) atoms. The molecule has 1 atom stereocenters. The molecule has 2 aromatic carbocycles. The molecule has 0 spiro atoms. The number of hydrogen-bond acceptors (Lipinski definition) is 7. The van der Waals surface area contributed by atoms with Gasteiger partial charge in [0.2, 0.25) is 5.91 Å². The molecule has 3 rings (SSSR count). The lowest BCUT2D eigenvalue weighted by Crippen LogP contribution is -2.55. The fourth-order valence-corrected chi connectivity index (χ4v) is 3.56. The Balaban J connectivity index is 1.85. The van der Waals surface area contributed by atoms with Crippen molar-refractivity contribution in [3.8, 4) is 11.3 Å². The lowest BCUT2D eigenvalue weighted by molar-refractivity contribution is -0.178. The van der Waals surface area contributed by atoms with Crippen LogP contribution in [-0.2, 0) is 32.2 Å². The Morgan fingerprint density at radius 1 is 0.974 bits per heavy atom. The number of esters is 1. The Bertz CT molecular complexity index is 1350. The molecule has 1 aromatic heterocycles. The van der Waals surface area contributed by atoms with Crippen molar-refractivity contribution < 1.29 is 37.7 Å². The summed E-state index contributed by atoms with van der Waals surface area (Å²) in [6.07, 6.45) is -0.922. The number of nitrogens with zero attached hydrogens (tertiary/aromatic N) is 1. The highest BCUT2D eigenvalue weighted by atomic mass is 19.3. The number of halogens is 2. The number of benzene rings is 2. The Labute approximate surface area is 222 Å². The number of carbonyl (C=O) groups is 3. The Hall–Kier alpha value is -4.58. The quantitative estimate of drug-likeness (QED) is 0.317. The van der Waals surface area contributed by atoms with Gasteiger partial charge in [-0.25, -0.2) is 9.59 Å². The highest BCUT2D eigenvalue weighted by Crippen LogP contribution is 2.22. The molecule has 1 heterocycles. The summed E-state index contributed by atoms with van der Waals surface area (Å²) in [5, 5.41) is 13.6. The molecule has 0 saturated heterocycles. The molecule has 0 bridgehead atoms. The highest BCUT2D eigenvalue weighted by Gasteiger charge is 2.49. The monoisotopic (exact) mass is 543 g/mol. The number of alkyl halides is 2. The van der Waals surface area contributed by atoms with Gasteiger partial charge in [-0.3, -0.25) is 19.5 Å². The smallest absolute Gasteiger partial charge is 0.412 e. The summed E-state index contributed by atoms with van der Waals surface area (Å²) in [5.74, 6) is -7.23. The zero-order chi connectivity index (χ0) is 28.4. The van der Waals surface area contributed by atoms with Crippen molar-refractivity contribution in [3.63, 3.8) is 0 Å². The zero-order valence-corrected chi connectivity index (χ0v) is 20.9. The summed E-state index contributed by atoms with van der Waals surface area (Å²) in [5.41, 5.74) is 0.448. The van der Waals surface area contributed by atoms with Gasteiger partial charge in [-0.05, 0) is 30.2 Å². The molecule has 12 heteroatoms. The molecule has 0 aliphatic heterocycles. The van der Waals surface area contributed by atoms with E-state index in [1.165, 1.54) is 19.1 Å². The highest BCUT2D eigenvalue weighted by molar-refractivity contribution is 5.85. The maximum absolute atomic E-state index is 14.4. The number of carbonyl (C=O) groups excluding carboxylic acids is 3. The van der Waals surface area contributed by atoms with E-state index < -0.39 is 48.6 Å². The van der Waals surface area contributed by atoms with Gasteiger partial charge in [0.1, 0.15) is 24.9 Å². The van der Waals surface area contributed by atoms with Crippen molar-refractivity contribution in [3.05, 3.63) is 88.7 Å². The van der Waals surface area contributed by atoms with Crippen LogP contribution in [0.4, 0.5) is 19.3 Å². The van der Waals surface area contributed by atoms with Gasteiger partial charge >= 0.3 is 18.0 Å². The van der Waals surface area contributed by atoms with E-state index in [1.807, 2.05) is 5.32 Å². The third kappa shape index (κ3) is 7.48. The van der Waals surface area contributed by atoms with Gasteiger partial charge < -0.3 is 19.9 Å².